The Hall–Kier alpha value is -0.920. The first kappa shape index (κ1) is 8.18. The molecule has 0 aliphatic carbocycles. The van der Waals surface area contributed by atoms with Crippen LogP contribution in [0.4, 0.5) is 5.69 Å². The highest BCUT2D eigenvalue weighted by atomic mass is 16.3. The van der Waals surface area contributed by atoms with Gasteiger partial charge in [0.15, 0.2) is 0 Å². The van der Waals surface area contributed by atoms with Gasteiger partial charge in [-0.3, -0.25) is 0 Å². The van der Waals surface area contributed by atoms with Crippen molar-refractivity contribution in [3.05, 3.63) is 18.6 Å². The van der Waals surface area contributed by atoms with Crippen LogP contribution in [-0.4, -0.2) is 6.04 Å². The van der Waals surface area contributed by atoms with Gasteiger partial charge < -0.3 is 9.73 Å². The van der Waals surface area contributed by atoms with E-state index in [-0.39, 0.29) is 0 Å². The fourth-order valence-corrected chi connectivity index (χ4v) is 1.14. The molecule has 1 rings (SSSR count). The van der Waals surface area contributed by atoms with E-state index in [0.29, 0.717) is 6.04 Å². The predicted octanol–water partition coefficient (Wildman–Crippen LogP) is 2.88. The summed E-state index contributed by atoms with van der Waals surface area (Å²) >= 11 is 0. The second-order valence-corrected chi connectivity index (χ2v) is 2.85. The summed E-state index contributed by atoms with van der Waals surface area (Å²) in [6, 6.07) is 2.48. The molecule has 2 heteroatoms. The van der Waals surface area contributed by atoms with Crippen molar-refractivity contribution in [3.63, 3.8) is 0 Å². The normalized spacial score (nSPS) is 12.9. The van der Waals surface area contributed by atoms with Crippen LogP contribution in [0.5, 0.6) is 0 Å². The van der Waals surface area contributed by atoms with E-state index < -0.39 is 0 Å². The summed E-state index contributed by atoms with van der Waals surface area (Å²) in [5, 5.41) is 3.33. The molecule has 0 amide bonds. The Balaban J connectivity index is 2.31. The van der Waals surface area contributed by atoms with Crippen LogP contribution in [0.2, 0.25) is 0 Å². The summed E-state index contributed by atoms with van der Waals surface area (Å²) < 4.78 is 4.93. The average molecular weight is 153 g/mol. The van der Waals surface area contributed by atoms with E-state index in [9.17, 15) is 0 Å². The summed E-state index contributed by atoms with van der Waals surface area (Å²) in [7, 11) is 0. The van der Waals surface area contributed by atoms with Crippen LogP contribution in [0.15, 0.2) is 23.0 Å². The van der Waals surface area contributed by atoms with E-state index in [1.165, 1.54) is 12.8 Å². The zero-order valence-corrected chi connectivity index (χ0v) is 7.13. The van der Waals surface area contributed by atoms with Crippen LogP contribution in [0.1, 0.15) is 26.7 Å². The van der Waals surface area contributed by atoms with Crippen molar-refractivity contribution < 1.29 is 4.42 Å². The SMILES string of the molecule is CCCC(C)Nc1ccoc1. The van der Waals surface area contributed by atoms with E-state index >= 15 is 0 Å². The van der Waals surface area contributed by atoms with Crippen molar-refractivity contribution in [2.45, 2.75) is 32.7 Å². The molecule has 0 radical (unpaired) electrons. The average Bonchev–Trinajstić information content (AvgIpc) is 2.40. The third-order valence-corrected chi connectivity index (χ3v) is 1.66. The maximum absolute atomic E-state index is 4.93. The largest absolute Gasteiger partial charge is 0.470 e. The van der Waals surface area contributed by atoms with Crippen LogP contribution in [-0.2, 0) is 0 Å². The number of hydrogen-bond donors (Lipinski definition) is 1. The van der Waals surface area contributed by atoms with Gasteiger partial charge in [-0.1, -0.05) is 13.3 Å². The molecule has 0 saturated carbocycles. The van der Waals surface area contributed by atoms with Crippen molar-refractivity contribution >= 4 is 5.69 Å². The van der Waals surface area contributed by atoms with Crippen LogP contribution in [0.25, 0.3) is 0 Å². The Morgan fingerprint density at radius 3 is 3.00 bits per heavy atom. The van der Waals surface area contributed by atoms with Gasteiger partial charge in [-0.2, -0.15) is 0 Å². The number of nitrogens with one attached hydrogen (secondary N) is 1. The maximum atomic E-state index is 4.93. The van der Waals surface area contributed by atoms with Crippen LogP contribution in [0.3, 0.4) is 0 Å². The number of anilines is 1. The summed E-state index contributed by atoms with van der Waals surface area (Å²) in [4.78, 5) is 0. The lowest BCUT2D eigenvalue weighted by atomic mass is 10.2. The molecular formula is C9H15NO. The Morgan fingerprint density at radius 1 is 1.64 bits per heavy atom. The monoisotopic (exact) mass is 153 g/mol. The maximum Gasteiger partial charge on any atom is 0.113 e. The highest BCUT2D eigenvalue weighted by molar-refractivity contribution is 5.39. The van der Waals surface area contributed by atoms with Gasteiger partial charge in [0.25, 0.3) is 0 Å². The number of hydrogen-bond acceptors (Lipinski definition) is 2. The smallest absolute Gasteiger partial charge is 0.113 e. The van der Waals surface area contributed by atoms with E-state index in [2.05, 4.69) is 19.2 Å². The van der Waals surface area contributed by atoms with Gasteiger partial charge in [0, 0.05) is 6.04 Å². The van der Waals surface area contributed by atoms with Gasteiger partial charge in [0.05, 0.1) is 12.0 Å². The summed E-state index contributed by atoms with van der Waals surface area (Å²) in [6.07, 6.45) is 5.82. The molecule has 11 heavy (non-hydrogen) atoms. The van der Waals surface area contributed by atoms with Crippen LogP contribution < -0.4 is 5.32 Å². The molecule has 0 fully saturated rings. The predicted molar refractivity (Wildman–Crippen MR) is 46.7 cm³/mol. The minimum absolute atomic E-state index is 0.539. The van der Waals surface area contributed by atoms with Gasteiger partial charge in [-0.05, 0) is 19.4 Å². The molecular weight excluding hydrogens is 138 g/mol. The Labute approximate surface area is 67.6 Å². The molecule has 1 N–H and O–H groups in total. The standard InChI is InChI=1S/C9H15NO/c1-3-4-8(2)10-9-5-6-11-7-9/h5-8,10H,3-4H2,1-2H3. The van der Waals surface area contributed by atoms with Crippen molar-refractivity contribution in [2.75, 3.05) is 5.32 Å². The minimum atomic E-state index is 0.539. The van der Waals surface area contributed by atoms with Gasteiger partial charge in [-0.15, -0.1) is 0 Å². The fourth-order valence-electron chi connectivity index (χ4n) is 1.14. The van der Waals surface area contributed by atoms with Crippen LogP contribution in [0, 0.1) is 0 Å². The molecule has 62 valence electrons. The second-order valence-electron chi connectivity index (χ2n) is 2.85. The third kappa shape index (κ3) is 2.66. The first-order chi connectivity index (χ1) is 5.33. The van der Waals surface area contributed by atoms with Crippen molar-refractivity contribution in [1.82, 2.24) is 0 Å². The first-order valence-electron chi connectivity index (χ1n) is 4.11. The van der Waals surface area contributed by atoms with Crippen molar-refractivity contribution in [1.29, 1.82) is 0 Å². The molecule has 1 unspecified atom stereocenters. The molecule has 1 aromatic rings. The summed E-state index contributed by atoms with van der Waals surface area (Å²) in [5.41, 5.74) is 1.07. The topological polar surface area (TPSA) is 25.2 Å². The molecule has 1 aromatic heterocycles. The first-order valence-corrected chi connectivity index (χ1v) is 4.11. The van der Waals surface area contributed by atoms with Gasteiger partial charge in [0.2, 0.25) is 0 Å². The van der Waals surface area contributed by atoms with Gasteiger partial charge in [-0.25, -0.2) is 0 Å². The summed E-state index contributed by atoms with van der Waals surface area (Å²) in [5.74, 6) is 0. The lowest BCUT2D eigenvalue weighted by Crippen LogP contribution is -2.13. The second kappa shape index (κ2) is 4.06. The molecule has 0 saturated heterocycles. The molecule has 0 aromatic carbocycles. The quantitative estimate of drug-likeness (QED) is 0.719. The Morgan fingerprint density at radius 2 is 2.45 bits per heavy atom. The summed E-state index contributed by atoms with van der Waals surface area (Å²) in [6.45, 7) is 4.37. The number of rotatable bonds is 4. The fraction of sp³-hybridized carbons (Fsp3) is 0.556. The van der Waals surface area contributed by atoms with Crippen LogP contribution >= 0.6 is 0 Å². The Bertz CT molecular complexity index is 181. The lowest BCUT2D eigenvalue weighted by Gasteiger charge is -2.11. The molecule has 1 heterocycles. The Kier molecular flexibility index (Phi) is 3.02. The number of furan rings is 1. The van der Waals surface area contributed by atoms with E-state index in [1.807, 2.05) is 6.07 Å². The van der Waals surface area contributed by atoms with E-state index in [1.54, 1.807) is 12.5 Å². The molecule has 0 bridgehead atoms. The molecule has 2 nitrogen and oxygen atoms in total. The zero-order valence-electron chi connectivity index (χ0n) is 7.13. The molecule has 0 aliphatic rings. The van der Waals surface area contributed by atoms with Crippen molar-refractivity contribution in [3.8, 4) is 0 Å². The molecule has 0 spiro atoms. The molecule has 0 aliphatic heterocycles. The molecule has 1 atom stereocenters. The highest BCUT2D eigenvalue weighted by Gasteiger charge is 1.99. The van der Waals surface area contributed by atoms with Gasteiger partial charge >= 0.3 is 0 Å². The van der Waals surface area contributed by atoms with Gasteiger partial charge in [0.1, 0.15) is 6.26 Å². The lowest BCUT2D eigenvalue weighted by molar-refractivity contribution is 0.567. The van der Waals surface area contributed by atoms with E-state index in [4.69, 9.17) is 4.42 Å². The van der Waals surface area contributed by atoms with E-state index in [0.717, 1.165) is 5.69 Å². The highest BCUT2D eigenvalue weighted by Crippen LogP contribution is 2.10. The third-order valence-electron chi connectivity index (χ3n) is 1.66. The zero-order chi connectivity index (χ0) is 8.10. The van der Waals surface area contributed by atoms with Crippen molar-refractivity contribution in [2.24, 2.45) is 0 Å². The minimum Gasteiger partial charge on any atom is -0.470 e.